The van der Waals surface area contributed by atoms with Crippen LogP contribution in [0.25, 0.3) is 0 Å². The summed E-state index contributed by atoms with van der Waals surface area (Å²) < 4.78 is 4.76. The van der Waals surface area contributed by atoms with Gasteiger partial charge in [-0.3, -0.25) is 20.0 Å². The number of aromatic nitrogens is 1. The van der Waals surface area contributed by atoms with E-state index in [1.807, 2.05) is 71.9 Å². The summed E-state index contributed by atoms with van der Waals surface area (Å²) in [6.45, 7) is 12.5. The van der Waals surface area contributed by atoms with Gasteiger partial charge in [-0.2, -0.15) is 0 Å². The molecule has 1 saturated carbocycles. The Morgan fingerprint density at radius 2 is 1.62 bits per heavy atom. The third-order valence-corrected chi connectivity index (χ3v) is 9.40. The van der Waals surface area contributed by atoms with E-state index in [-0.39, 0.29) is 25.7 Å². The molecule has 5 amide bonds. The topological polar surface area (TPSA) is 177 Å². The summed E-state index contributed by atoms with van der Waals surface area (Å²) in [4.78, 5) is 61.5. The molecule has 286 valence electrons. The predicted octanol–water partition coefficient (Wildman–Crippen LogP) is 2.83. The summed E-state index contributed by atoms with van der Waals surface area (Å²) >= 11 is 0. The zero-order valence-corrected chi connectivity index (χ0v) is 31.6. The molecule has 2 aliphatic rings. The number of benzene rings is 1. The van der Waals surface area contributed by atoms with Gasteiger partial charge >= 0.3 is 12.1 Å². The molecule has 14 nitrogen and oxygen atoms in total. The van der Waals surface area contributed by atoms with Crippen LogP contribution in [0.2, 0.25) is 0 Å². The van der Waals surface area contributed by atoms with Gasteiger partial charge in [0.1, 0.15) is 12.1 Å². The van der Waals surface area contributed by atoms with E-state index in [0.29, 0.717) is 43.4 Å². The van der Waals surface area contributed by atoms with Crippen molar-refractivity contribution in [2.24, 2.45) is 16.7 Å². The van der Waals surface area contributed by atoms with Crippen LogP contribution in [0.4, 0.5) is 9.59 Å². The van der Waals surface area contributed by atoms with Crippen LogP contribution in [0.1, 0.15) is 71.3 Å². The second-order valence-electron chi connectivity index (χ2n) is 16.1. The normalized spacial score (nSPS) is 17.4. The molecule has 1 saturated heterocycles. The highest BCUT2D eigenvalue weighted by molar-refractivity contribution is 5.89. The van der Waals surface area contributed by atoms with Crippen molar-refractivity contribution in [1.82, 2.24) is 35.9 Å². The van der Waals surface area contributed by atoms with Crippen molar-refractivity contribution in [2.45, 2.75) is 98.2 Å². The van der Waals surface area contributed by atoms with E-state index in [1.54, 1.807) is 33.0 Å². The third-order valence-electron chi connectivity index (χ3n) is 9.40. The highest BCUT2D eigenvalue weighted by atomic mass is 16.5. The number of hydrazine groups is 1. The van der Waals surface area contributed by atoms with Gasteiger partial charge in [0.15, 0.2) is 0 Å². The number of hydrogen-bond acceptors (Lipinski definition) is 9. The first kappa shape index (κ1) is 40.5. The molecule has 0 unspecified atom stereocenters. The van der Waals surface area contributed by atoms with E-state index >= 15 is 0 Å². The summed E-state index contributed by atoms with van der Waals surface area (Å²) in [7, 11) is 1.24. The lowest BCUT2D eigenvalue weighted by Crippen LogP contribution is -2.61. The SMILES string of the molecule is COC(=O)N[C@H](C(=O)NN(CC1CC1)C[C@H](O)[C@H](Cc1ccccc1)NC(=O)[C@@H](N1CCN(Cc2cccc(CO)n2)C1=O)C(C)(C)C)C(C)(C)C. The number of aliphatic hydroxyl groups excluding tert-OH is 2. The Bertz CT molecular complexity index is 1520. The quantitative estimate of drug-likeness (QED) is 0.163. The fourth-order valence-electron chi connectivity index (χ4n) is 6.51. The first-order valence-electron chi connectivity index (χ1n) is 18.0. The average Bonchev–Trinajstić information content (AvgIpc) is 3.84. The van der Waals surface area contributed by atoms with Gasteiger partial charge in [-0.15, -0.1) is 0 Å². The minimum atomic E-state index is -1.12. The van der Waals surface area contributed by atoms with E-state index in [9.17, 15) is 29.4 Å². The fraction of sp³-hybridized carbons (Fsp3) is 0.605. The average molecular weight is 724 g/mol. The largest absolute Gasteiger partial charge is 0.453 e. The lowest BCUT2D eigenvalue weighted by molar-refractivity contribution is -0.133. The molecule has 0 radical (unpaired) electrons. The molecular formula is C38H57N7O7. The number of nitrogens with one attached hydrogen (secondary N) is 3. The number of aliphatic hydroxyl groups is 2. The number of hydrogen-bond donors (Lipinski definition) is 5. The maximum atomic E-state index is 14.3. The van der Waals surface area contributed by atoms with Crippen LogP contribution in [-0.4, -0.2) is 111 Å². The summed E-state index contributed by atoms with van der Waals surface area (Å²) in [5, 5.41) is 28.8. The number of nitrogens with zero attached hydrogens (tertiary/aromatic N) is 4. The zero-order valence-electron chi connectivity index (χ0n) is 31.6. The number of ether oxygens (including phenoxy) is 1. The first-order chi connectivity index (χ1) is 24.5. The van der Waals surface area contributed by atoms with Gasteiger partial charge in [-0.25, -0.2) is 14.6 Å². The minimum Gasteiger partial charge on any atom is -0.453 e. The number of alkyl carbamates (subject to hydrolysis) is 1. The lowest BCUT2D eigenvalue weighted by Gasteiger charge is -2.38. The van der Waals surface area contributed by atoms with Gasteiger partial charge in [-0.05, 0) is 53.7 Å². The van der Waals surface area contributed by atoms with Crippen LogP contribution in [-0.2, 0) is 33.9 Å². The molecule has 14 heteroatoms. The summed E-state index contributed by atoms with van der Waals surface area (Å²) in [6, 6.07) is 12.0. The molecule has 2 fully saturated rings. The Morgan fingerprint density at radius 1 is 0.942 bits per heavy atom. The second-order valence-corrected chi connectivity index (χ2v) is 16.1. The minimum absolute atomic E-state index is 0.00557. The Kier molecular flexibility index (Phi) is 13.6. The highest BCUT2D eigenvalue weighted by Crippen LogP contribution is 2.31. The maximum Gasteiger partial charge on any atom is 0.407 e. The van der Waals surface area contributed by atoms with E-state index in [0.717, 1.165) is 18.4 Å². The van der Waals surface area contributed by atoms with Crippen molar-refractivity contribution < 1.29 is 34.1 Å². The standard InChI is InChI=1S/C38H57N7O7/c1-37(2,3)31(41-35(50)52-7)33(48)42-44(21-26-16-17-26)23-30(47)29(20-25-12-9-8-10-13-25)40-34(49)32(38(4,5)6)45-19-18-43(36(45)51)22-27-14-11-15-28(24-46)39-27/h8-15,26,29-32,46-47H,16-24H2,1-7H3,(H,40,49)(H,41,50)(H,42,48)/t29-,30-,31+,32+/m0/s1. The van der Waals surface area contributed by atoms with E-state index < -0.39 is 53.0 Å². The number of amides is 5. The van der Waals surface area contributed by atoms with Gasteiger partial charge < -0.3 is 35.4 Å². The molecule has 2 heterocycles. The van der Waals surface area contributed by atoms with Crippen LogP contribution in [0.5, 0.6) is 0 Å². The molecule has 1 aliphatic carbocycles. The molecule has 2 aromatic rings. The molecule has 5 N–H and O–H groups in total. The van der Waals surface area contributed by atoms with Crippen molar-refractivity contribution in [3.63, 3.8) is 0 Å². The van der Waals surface area contributed by atoms with Crippen molar-refractivity contribution in [1.29, 1.82) is 0 Å². The number of carbonyl (C=O) groups is 4. The molecule has 52 heavy (non-hydrogen) atoms. The Balaban J connectivity index is 1.54. The van der Waals surface area contributed by atoms with Crippen LogP contribution < -0.4 is 16.1 Å². The van der Waals surface area contributed by atoms with E-state index in [1.165, 1.54) is 7.11 Å². The molecule has 1 aromatic heterocycles. The molecular weight excluding hydrogens is 666 g/mol. The van der Waals surface area contributed by atoms with Crippen LogP contribution in [0.3, 0.4) is 0 Å². The number of urea groups is 1. The number of carbonyl (C=O) groups excluding carboxylic acids is 4. The van der Waals surface area contributed by atoms with Crippen molar-refractivity contribution in [3.05, 3.63) is 65.5 Å². The molecule has 1 aliphatic heterocycles. The molecule has 1 aromatic carbocycles. The third kappa shape index (κ3) is 11.4. The summed E-state index contributed by atoms with van der Waals surface area (Å²) in [5.41, 5.74) is 3.68. The smallest absolute Gasteiger partial charge is 0.407 e. The van der Waals surface area contributed by atoms with Crippen molar-refractivity contribution in [2.75, 3.05) is 33.3 Å². The van der Waals surface area contributed by atoms with Gasteiger partial charge in [0.05, 0.1) is 43.8 Å². The fourth-order valence-corrected chi connectivity index (χ4v) is 6.51. The van der Waals surface area contributed by atoms with E-state index in [4.69, 9.17) is 4.74 Å². The number of methoxy groups -OCH3 is 1. The lowest BCUT2D eigenvalue weighted by atomic mass is 9.84. The zero-order chi connectivity index (χ0) is 38.2. The Labute approximate surface area is 307 Å². The van der Waals surface area contributed by atoms with Crippen LogP contribution in [0, 0.1) is 16.7 Å². The van der Waals surface area contributed by atoms with E-state index in [2.05, 4.69) is 21.0 Å². The summed E-state index contributed by atoms with van der Waals surface area (Å²) in [5.74, 6) is -0.499. The Morgan fingerprint density at radius 3 is 2.21 bits per heavy atom. The maximum absolute atomic E-state index is 14.3. The van der Waals surface area contributed by atoms with Crippen molar-refractivity contribution >= 4 is 23.9 Å². The first-order valence-corrected chi connectivity index (χ1v) is 18.0. The van der Waals surface area contributed by atoms with Gasteiger partial charge in [0.2, 0.25) is 5.91 Å². The second kappa shape index (κ2) is 17.5. The molecule has 0 spiro atoms. The predicted molar refractivity (Wildman–Crippen MR) is 195 cm³/mol. The van der Waals surface area contributed by atoms with Crippen molar-refractivity contribution in [3.8, 4) is 0 Å². The van der Waals surface area contributed by atoms with Crippen LogP contribution >= 0.6 is 0 Å². The monoisotopic (exact) mass is 723 g/mol. The van der Waals surface area contributed by atoms with Gasteiger partial charge in [-0.1, -0.05) is 77.9 Å². The van der Waals surface area contributed by atoms with Crippen LogP contribution in [0.15, 0.2) is 48.5 Å². The molecule has 4 rings (SSSR count). The summed E-state index contributed by atoms with van der Waals surface area (Å²) in [6.07, 6.45) is 0.438. The highest BCUT2D eigenvalue weighted by Gasteiger charge is 2.44. The molecule has 0 bridgehead atoms. The Hall–Kier alpha value is -4.27. The number of rotatable bonds is 16. The van der Waals surface area contributed by atoms with Gasteiger partial charge in [0, 0.05) is 26.2 Å². The van der Waals surface area contributed by atoms with Gasteiger partial charge in [0.25, 0.3) is 5.91 Å². The number of pyridine rings is 1. The molecule has 4 atom stereocenters.